The number of ether oxygens (including phenoxy) is 2. The largest absolute Gasteiger partial charge is 0.492 e. The van der Waals surface area contributed by atoms with Gasteiger partial charge in [-0.05, 0) is 36.2 Å². The molecule has 0 saturated heterocycles. The number of methoxy groups -OCH3 is 1. The third-order valence-electron chi connectivity index (χ3n) is 4.89. The maximum atomic E-state index is 5.91. The average Bonchev–Trinajstić information content (AvgIpc) is 3.29. The van der Waals surface area contributed by atoms with Crippen LogP contribution in [0.2, 0.25) is 0 Å². The number of hydrogen-bond acceptors (Lipinski definition) is 5. The highest BCUT2D eigenvalue weighted by Gasteiger charge is 2.21. The smallest absolute Gasteiger partial charge is 0.191 e. The molecule has 0 spiro atoms. The number of nitrogens with zero attached hydrogens (tertiary/aromatic N) is 2. The molecule has 0 aliphatic rings. The van der Waals surface area contributed by atoms with E-state index in [9.17, 15) is 0 Å². The normalized spacial score (nSPS) is 11.9. The highest BCUT2D eigenvalue weighted by molar-refractivity contribution is 14.0. The molecule has 6 nitrogen and oxygen atoms in total. The fraction of sp³-hybridized carbons (Fsp3) is 0.522. The van der Waals surface area contributed by atoms with E-state index in [4.69, 9.17) is 9.47 Å². The van der Waals surface area contributed by atoms with Crippen LogP contribution in [0, 0.1) is 0 Å². The van der Waals surface area contributed by atoms with E-state index in [0.29, 0.717) is 13.2 Å². The summed E-state index contributed by atoms with van der Waals surface area (Å²) in [5, 5.41) is 8.96. The van der Waals surface area contributed by atoms with Crippen LogP contribution in [0.5, 0.6) is 5.75 Å². The first kappa shape index (κ1) is 27.7. The summed E-state index contributed by atoms with van der Waals surface area (Å²) in [4.78, 5) is 7.91. The molecule has 0 radical (unpaired) electrons. The Balaban J connectivity index is 0.00000480. The number of nitrogens with one attached hydrogen (secondary N) is 2. The van der Waals surface area contributed by atoms with Crippen LogP contribution < -0.4 is 15.4 Å². The molecular weight excluding hydrogens is 523 g/mol. The van der Waals surface area contributed by atoms with Gasteiger partial charge in [-0.3, -0.25) is 4.99 Å². The third-order valence-corrected chi connectivity index (χ3v) is 6.12. The number of rotatable bonds is 12. The molecule has 174 valence electrons. The Morgan fingerprint density at radius 2 is 1.90 bits per heavy atom. The van der Waals surface area contributed by atoms with Crippen molar-refractivity contribution in [1.82, 2.24) is 15.5 Å². The van der Waals surface area contributed by atoms with E-state index in [1.807, 2.05) is 12.1 Å². The molecule has 0 bridgehead atoms. The number of aliphatic imine (C=N–C) groups is 1. The van der Waals surface area contributed by atoms with Crippen LogP contribution in [0.25, 0.3) is 0 Å². The number of thiophene rings is 1. The Morgan fingerprint density at radius 3 is 2.58 bits per heavy atom. The van der Waals surface area contributed by atoms with Gasteiger partial charge >= 0.3 is 0 Å². The molecule has 0 aliphatic heterocycles. The van der Waals surface area contributed by atoms with E-state index in [-0.39, 0.29) is 29.4 Å². The topological polar surface area (TPSA) is 58.1 Å². The van der Waals surface area contributed by atoms with Crippen molar-refractivity contribution in [1.29, 1.82) is 0 Å². The number of benzene rings is 1. The van der Waals surface area contributed by atoms with Crippen molar-refractivity contribution in [3.8, 4) is 5.75 Å². The van der Waals surface area contributed by atoms with E-state index in [2.05, 4.69) is 71.1 Å². The molecule has 0 fully saturated rings. The first-order chi connectivity index (χ1) is 14.4. The number of halogens is 1. The van der Waals surface area contributed by atoms with Crippen LogP contribution in [-0.2, 0) is 16.7 Å². The van der Waals surface area contributed by atoms with Crippen molar-refractivity contribution in [2.75, 3.05) is 54.1 Å². The molecule has 2 N–H and O–H groups in total. The zero-order chi connectivity index (χ0) is 21.8. The fourth-order valence-electron chi connectivity index (χ4n) is 2.89. The minimum atomic E-state index is 0. The summed E-state index contributed by atoms with van der Waals surface area (Å²) in [6.45, 7) is 9.13. The molecule has 1 aromatic heterocycles. The van der Waals surface area contributed by atoms with E-state index in [1.54, 1.807) is 25.5 Å². The third kappa shape index (κ3) is 10.2. The number of likely N-dealkylation sites (N-methyl/N-ethyl adjacent to an activating group) is 1. The second-order valence-corrected chi connectivity index (χ2v) is 8.88. The van der Waals surface area contributed by atoms with Gasteiger partial charge in [-0.1, -0.05) is 32.0 Å². The van der Waals surface area contributed by atoms with Gasteiger partial charge in [0.25, 0.3) is 0 Å². The molecule has 0 aliphatic carbocycles. The van der Waals surface area contributed by atoms with Gasteiger partial charge in [-0.2, -0.15) is 0 Å². The highest BCUT2D eigenvalue weighted by Crippen LogP contribution is 2.26. The lowest BCUT2D eigenvalue weighted by Crippen LogP contribution is -2.42. The highest BCUT2D eigenvalue weighted by atomic mass is 127. The molecule has 1 heterocycles. The Hall–Kier alpha value is -1.36. The summed E-state index contributed by atoms with van der Waals surface area (Å²) in [6, 6.07) is 12.5. The maximum Gasteiger partial charge on any atom is 0.191 e. The number of guanidine groups is 1. The Kier molecular flexibility index (Phi) is 13.1. The van der Waals surface area contributed by atoms with Crippen molar-refractivity contribution in [3.63, 3.8) is 0 Å². The molecule has 2 aromatic rings. The average molecular weight is 561 g/mol. The van der Waals surface area contributed by atoms with Crippen LogP contribution in [-0.4, -0.2) is 64.9 Å². The standard InChI is InChI=1S/C23H36N4O2S.HI/c1-23(2,21-10-7-15-30-21)18-26-22(24-3)25-17-19-8-6-9-20(16-19)29-14-12-27(4)11-13-28-5;/h6-10,15-16H,11-14,17-18H2,1-5H3,(H2,24,25,26);1H. The Bertz CT molecular complexity index is 769. The van der Waals surface area contributed by atoms with Gasteiger partial charge in [0.05, 0.1) is 6.61 Å². The summed E-state index contributed by atoms with van der Waals surface area (Å²) in [6.07, 6.45) is 0. The lowest BCUT2D eigenvalue weighted by atomic mass is 9.91. The zero-order valence-electron chi connectivity index (χ0n) is 19.3. The minimum absolute atomic E-state index is 0. The van der Waals surface area contributed by atoms with Crippen molar-refractivity contribution < 1.29 is 9.47 Å². The van der Waals surface area contributed by atoms with Gasteiger partial charge in [-0.15, -0.1) is 35.3 Å². The summed E-state index contributed by atoms with van der Waals surface area (Å²) < 4.78 is 11.0. The van der Waals surface area contributed by atoms with Crippen LogP contribution in [0.4, 0.5) is 0 Å². The van der Waals surface area contributed by atoms with Gasteiger partial charge in [0.2, 0.25) is 0 Å². The molecule has 31 heavy (non-hydrogen) atoms. The van der Waals surface area contributed by atoms with E-state index >= 15 is 0 Å². The van der Waals surface area contributed by atoms with Gasteiger partial charge in [0.15, 0.2) is 5.96 Å². The van der Waals surface area contributed by atoms with Gasteiger partial charge in [0, 0.05) is 50.6 Å². The molecule has 0 amide bonds. The Morgan fingerprint density at radius 1 is 1.13 bits per heavy atom. The van der Waals surface area contributed by atoms with Crippen molar-refractivity contribution in [2.24, 2.45) is 4.99 Å². The molecule has 0 saturated carbocycles. The van der Waals surface area contributed by atoms with E-state index < -0.39 is 0 Å². The summed E-state index contributed by atoms with van der Waals surface area (Å²) in [5.41, 5.74) is 1.20. The maximum absolute atomic E-state index is 5.91. The van der Waals surface area contributed by atoms with Crippen molar-refractivity contribution in [3.05, 3.63) is 52.2 Å². The second kappa shape index (κ2) is 14.7. The summed E-state index contributed by atoms with van der Waals surface area (Å²) in [5.74, 6) is 1.68. The molecule has 8 heteroatoms. The van der Waals surface area contributed by atoms with Crippen LogP contribution >= 0.6 is 35.3 Å². The monoisotopic (exact) mass is 560 g/mol. The molecule has 1 aromatic carbocycles. The van der Waals surface area contributed by atoms with Gasteiger partial charge in [-0.25, -0.2) is 0 Å². The SMILES string of the molecule is CN=C(NCc1cccc(OCCN(C)CCOC)c1)NCC(C)(C)c1cccs1.I. The zero-order valence-corrected chi connectivity index (χ0v) is 22.5. The fourth-order valence-corrected chi connectivity index (χ4v) is 3.74. The van der Waals surface area contributed by atoms with Gasteiger partial charge < -0.3 is 25.0 Å². The second-order valence-electron chi connectivity index (χ2n) is 7.93. The van der Waals surface area contributed by atoms with Crippen molar-refractivity contribution >= 4 is 41.3 Å². The Labute approximate surface area is 208 Å². The number of hydrogen-bond donors (Lipinski definition) is 2. The van der Waals surface area contributed by atoms with E-state index in [0.717, 1.165) is 43.5 Å². The van der Waals surface area contributed by atoms with Crippen LogP contribution in [0.15, 0.2) is 46.8 Å². The minimum Gasteiger partial charge on any atom is -0.492 e. The lowest BCUT2D eigenvalue weighted by molar-refractivity contribution is 0.150. The molecular formula is C23H37IN4O2S. The van der Waals surface area contributed by atoms with Gasteiger partial charge in [0.1, 0.15) is 12.4 Å². The lowest BCUT2D eigenvalue weighted by Gasteiger charge is -2.25. The molecule has 0 atom stereocenters. The molecule has 0 unspecified atom stereocenters. The van der Waals surface area contributed by atoms with E-state index in [1.165, 1.54) is 4.88 Å². The predicted octanol–water partition coefficient (Wildman–Crippen LogP) is 3.97. The predicted molar refractivity (Wildman–Crippen MR) is 142 cm³/mol. The first-order valence-corrected chi connectivity index (χ1v) is 11.2. The summed E-state index contributed by atoms with van der Waals surface area (Å²) in [7, 11) is 5.59. The summed E-state index contributed by atoms with van der Waals surface area (Å²) >= 11 is 1.79. The van der Waals surface area contributed by atoms with Crippen LogP contribution in [0.1, 0.15) is 24.3 Å². The van der Waals surface area contributed by atoms with Crippen LogP contribution in [0.3, 0.4) is 0 Å². The van der Waals surface area contributed by atoms with Crippen molar-refractivity contribution in [2.45, 2.75) is 25.8 Å². The first-order valence-electron chi connectivity index (χ1n) is 10.3. The quantitative estimate of drug-likeness (QED) is 0.234. The molecule has 2 rings (SSSR count).